The summed E-state index contributed by atoms with van der Waals surface area (Å²) in [6.07, 6.45) is 10.6. The van der Waals surface area contributed by atoms with Gasteiger partial charge in [-0.2, -0.15) is 0 Å². The maximum atomic E-state index is 10.2. The van der Waals surface area contributed by atoms with Crippen molar-refractivity contribution in [2.75, 3.05) is 6.61 Å². The number of alkyl halides is 1. The summed E-state index contributed by atoms with van der Waals surface area (Å²) in [4.78, 5) is 0. The molecule has 2 nitrogen and oxygen atoms in total. The lowest BCUT2D eigenvalue weighted by Gasteiger charge is -2.60. The Kier molecular flexibility index (Phi) is 3.52. The normalized spacial score (nSPS) is 60.7. The third kappa shape index (κ3) is 1.86. The standard InChI is InChI=1S/C21H31ClO2/c1-3-12-4-5-15-14-9-18-16-8-13(23)6-7-21(16,11-24-18)19(14)17(22)10-20(12,15)2/h3,13-19,23H,4-11H2,1-2H3/t13?,14-,15-,16?,17+,18?,19+,20+,21+/m0/s1. The van der Waals surface area contributed by atoms with E-state index in [1.165, 1.54) is 19.3 Å². The van der Waals surface area contributed by atoms with Crippen LogP contribution in [0.5, 0.6) is 0 Å². The summed E-state index contributed by atoms with van der Waals surface area (Å²) in [7, 11) is 0. The van der Waals surface area contributed by atoms with Gasteiger partial charge in [-0.3, -0.25) is 0 Å². The van der Waals surface area contributed by atoms with Crippen molar-refractivity contribution in [3.8, 4) is 0 Å². The summed E-state index contributed by atoms with van der Waals surface area (Å²) in [6.45, 7) is 5.60. The van der Waals surface area contributed by atoms with Crippen molar-refractivity contribution in [1.29, 1.82) is 0 Å². The lowest BCUT2D eigenvalue weighted by atomic mass is 9.45. The molecule has 4 saturated carbocycles. The highest BCUT2D eigenvalue weighted by atomic mass is 35.5. The Hall–Kier alpha value is -0.0500. The van der Waals surface area contributed by atoms with Crippen LogP contribution in [-0.2, 0) is 4.74 Å². The van der Waals surface area contributed by atoms with Crippen LogP contribution in [0.1, 0.15) is 58.8 Å². The lowest BCUT2D eigenvalue weighted by molar-refractivity contribution is -0.104. The highest BCUT2D eigenvalue weighted by Gasteiger charge is 2.67. The van der Waals surface area contributed by atoms with E-state index >= 15 is 0 Å². The van der Waals surface area contributed by atoms with Crippen molar-refractivity contribution in [2.24, 2.45) is 34.5 Å². The van der Waals surface area contributed by atoms with E-state index in [1.54, 1.807) is 5.57 Å². The van der Waals surface area contributed by atoms with Crippen LogP contribution in [0.15, 0.2) is 11.6 Å². The first-order valence-electron chi connectivity index (χ1n) is 10.1. The molecular formula is C21H31ClO2. The number of hydrogen-bond donors (Lipinski definition) is 1. The third-order valence-corrected chi connectivity index (χ3v) is 9.43. The number of hydrogen-bond acceptors (Lipinski definition) is 2. The first kappa shape index (κ1) is 16.1. The van der Waals surface area contributed by atoms with E-state index < -0.39 is 0 Å². The van der Waals surface area contributed by atoms with E-state index in [0.29, 0.717) is 23.4 Å². The van der Waals surface area contributed by atoms with Crippen molar-refractivity contribution in [3.05, 3.63) is 11.6 Å². The number of aliphatic hydroxyl groups excluding tert-OH is 1. The maximum absolute atomic E-state index is 10.2. The molecule has 2 bridgehead atoms. The smallest absolute Gasteiger partial charge is 0.0613 e. The molecule has 24 heavy (non-hydrogen) atoms. The van der Waals surface area contributed by atoms with Gasteiger partial charge in [0.25, 0.3) is 0 Å². The lowest BCUT2D eigenvalue weighted by Crippen LogP contribution is -2.59. The van der Waals surface area contributed by atoms with Crippen LogP contribution in [-0.4, -0.2) is 29.3 Å². The minimum Gasteiger partial charge on any atom is -0.393 e. The van der Waals surface area contributed by atoms with Crippen LogP contribution in [0, 0.1) is 34.5 Å². The molecule has 5 aliphatic rings. The first-order chi connectivity index (χ1) is 11.5. The Morgan fingerprint density at radius 2 is 2.08 bits per heavy atom. The van der Waals surface area contributed by atoms with Gasteiger partial charge in [0.05, 0.1) is 18.8 Å². The minimum absolute atomic E-state index is 0.118. The van der Waals surface area contributed by atoms with Gasteiger partial charge in [0, 0.05) is 10.8 Å². The fourth-order valence-corrected chi connectivity index (χ4v) is 8.86. The average molecular weight is 351 g/mol. The molecule has 0 amide bonds. The van der Waals surface area contributed by atoms with Crippen molar-refractivity contribution in [1.82, 2.24) is 0 Å². The zero-order valence-corrected chi connectivity index (χ0v) is 15.8. The van der Waals surface area contributed by atoms with E-state index in [0.717, 1.165) is 44.1 Å². The van der Waals surface area contributed by atoms with E-state index in [2.05, 4.69) is 19.9 Å². The summed E-state index contributed by atoms with van der Waals surface area (Å²) >= 11 is 7.17. The Morgan fingerprint density at radius 1 is 1.25 bits per heavy atom. The number of aliphatic hydroxyl groups is 1. The predicted molar refractivity (Wildman–Crippen MR) is 96.0 cm³/mol. The van der Waals surface area contributed by atoms with E-state index in [9.17, 15) is 5.11 Å². The Bertz CT molecular complexity index is 574. The van der Waals surface area contributed by atoms with Gasteiger partial charge in [-0.25, -0.2) is 0 Å². The van der Waals surface area contributed by atoms with Crippen molar-refractivity contribution in [3.63, 3.8) is 0 Å². The van der Waals surface area contributed by atoms with Crippen molar-refractivity contribution >= 4 is 11.6 Å². The van der Waals surface area contributed by atoms with Gasteiger partial charge in [0.1, 0.15) is 0 Å². The molecule has 1 heterocycles. The SMILES string of the molecule is CC=C1CC[C@H]2[C@@H]3CC4OC[C@@]5(CCC(O)CC45)[C@H]3[C@H](Cl)C[C@]12C. The van der Waals surface area contributed by atoms with Gasteiger partial charge in [-0.05, 0) is 81.0 Å². The van der Waals surface area contributed by atoms with Crippen LogP contribution < -0.4 is 0 Å². The van der Waals surface area contributed by atoms with E-state index in [4.69, 9.17) is 16.3 Å². The fraction of sp³-hybridized carbons (Fsp3) is 0.905. The monoisotopic (exact) mass is 350 g/mol. The largest absolute Gasteiger partial charge is 0.393 e. The average Bonchev–Trinajstić information content (AvgIpc) is 3.00. The molecule has 0 aromatic heterocycles. The second-order valence-electron chi connectivity index (χ2n) is 9.64. The van der Waals surface area contributed by atoms with Crippen molar-refractivity contribution in [2.45, 2.75) is 76.4 Å². The molecule has 9 atom stereocenters. The van der Waals surface area contributed by atoms with E-state index in [-0.39, 0.29) is 16.9 Å². The van der Waals surface area contributed by atoms with Gasteiger partial charge < -0.3 is 9.84 Å². The number of allylic oxidation sites excluding steroid dienone is 2. The Labute approximate surface area is 151 Å². The molecule has 134 valence electrons. The molecule has 4 aliphatic carbocycles. The molecule has 0 aromatic rings. The fourth-order valence-electron chi connectivity index (χ4n) is 8.10. The van der Waals surface area contributed by atoms with Crippen LogP contribution in [0.4, 0.5) is 0 Å². The third-order valence-electron chi connectivity index (χ3n) is 9.00. The summed E-state index contributed by atoms with van der Waals surface area (Å²) < 4.78 is 6.35. The molecule has 3 unspecified atom stereocenters. The summed E-state index contributed by atoms with van der Waals surface area (Å²) in [5.74, 6) is 2.67. The van der Waals surface area contributed by atoms with Crippen molar-refractivity contribution < 1.29 is 9.84 Å². The Morgan fingerprint density at radius 3 is 2.88 bits per heavy atom. The molecule has 5 fully saturated rings. The number of rotatable bonds is 0. The summed E-state index contributed by atoms with van der Waals surface area (Å²) in [6, 6.07) is 0. The molecule has 3 heteroatoms. The minimum atomic E-state index is -0.118. The summed E-state index contributed by atoms with van der Waals surface area (Å²) in [5, 5.41) is 10.5. The number of halogens is 1. The van der Waals surface area contributed by atoms with Gasteiger partial charge in [0.15, 0.2) is 0 Å². The second-order valence-corrected chi connectivity index (χ2v) is 10.2. The highest BCUT2D eigenvalue weighted by Crippen LogP contribution is 2.70. The zero-order chi connectivity index (χ0) is 16.7. The van der Waals surface area contributed by atoms with Crippen LogP contribution in [0.3, 0.4) is 0 Å². The quantitative estimate of drug-likeness (QED) is 0.513. The molecule has 0 spiro atoms. The molecule has 5 rings (SSSR count). The van der Waals surface area contributed by atoms with Gasteiger partial charge >= 0.3 is 0 Å². The molecule has 1 aliphatic heterocycles. The first-order valence-corrected chi connectivity index (χ1v) is 10.5. The van der Waals surface area contributed by atoms with Gasteiger partial charge in [0.2, 0.25) is 0 Å². The van der Waals surface area contributed by atoms with Gasteiger partial charge in [-0.15, -0.1) is 11.6 Å². The molecule has 1 N–H and O–H groups in total. The zero-order valence-electron chi connectivity index (χ0n) is 15.0. The van der Waals surface area contributed by atoms with E-state index in [1.807, 2.05) is 0 Å². The highest BCUT2D eigenvalue weighted by molar-refractivity contribution is 6.21. The molecule has 0 aromatic carbocycles. The Balaban J connectivity index is 1.56. The van der Waals surface area contributed by atoms with Crippen LogP contribution >= 0.6 is 11.6 Å². The second kappa shape index (κ2) is 5.24. The summed E-state index contributed by atoms with van der Waals surface area (Å²) in [5.41, 5.74) is 2.24. The molecular weight excluding hydrogens is 320 g/mol. The number of fused-ring (bicyclic) bond motifs is 3. The van der Waals surface area contributed by atoms with Gasteiger partial charge in [-0.1, -0.05) is 18.6 Å². The molecule has 0 radical (unpaired) electrons. The number of ether oxygens (including phenoxy) is 1. The van der Waals surface area contributed by atoms with Crippen LogP contribution in [0.25, 0.3) is 0 Å². The van der Waals surface area contributed by atoms with Crippen LogP contribution in [0.2, 0.25) is 0 Å². The topological polar surface area (TPSA) is 29.5 Å². The predicted octanol–water partition coefficient (Wildman–Crippen LogP) is 4.54. The maximum Gasteiger partial charge on any atom is 0.0613 e. The molecule has 1 saturated heterocycles.